The lowest BCUT2D eigenvalue weighted by atomic mass is 9.82. The van der Waals surface area contributed by atoms with Gasteiger partial charge in [-0.25, -0.2) is 4.79 Å². The van der Waals surface area contributed by atoms with Gasteiger partial charge < -0.3 is 14.8 Å². The van der Waals surface area contributed by atoms with Gasteiger partial charge in [0.05, 0.1) is 13.1 Å². The number of nitrogens with one attached hydrogen (secondary N) is 1. The second-order valence-electron chi connectivity index (χ2n) is 7.51. The van der Waals surface area contributed by atoms with Crippen LogP contribution in [-0.4, -0.2) is 61.8 Å². The monoisotopic (exact) mass is 311 g/mol. The lowest BCUT2D eigenvalue weighted by Gasteiger charge is -2.35. The van der Waals surface area contributed by atoms with Crippen molar-refractivity contribution in [3.8, 4) is 0 Å². The molecule has 0 unspecified atom stereocenters. The van der Waals surface area contributed by atoms with Gasteiger partial charge in [0, 0.05) is 26.3 Å². The SMILES string of the molecule is CC1(CNC2=NCCN(C(=O)OC(C)(C)C)C2)CCOCC1. The highest BCUT2D eigenvalue weighted by Crippen LogP contribution is 2.28. The maximum atomic E-state index is 12.1. The maximum absolute atomic E-state index is 12.1. The van der Waals surface area contributed by atoms with Crippen molar-refractivity contribution in [1.29, 1.82) is 0 Å². The van der Waals surface area contributed by atoms with Gasteiger partial charge in [0.2, 0.25) is 0 Å². The van der Waals surface area contributed by atoms with Crippen molar-refractivity contribution in [2.45, 2.75) is 46.1 Å². The number of carbonyl (C=O) groups excluding carboxylic acids is 1. The second kappa shape index (κ2) is 6.86. The molecule has 0 saturated carbocycles. The molecule has 126 valence electrons. The first-order chi connectivity index (χ1) is 10.3. The number of carbonyl (C=O) groups is 1. The number of amidine groups is 1. The minimum absolute atomic E-state index is 0.245. The zero-order chi connectivity index (χ0) is 16.2. The molecule has 2 aliphatic rings. The number of hydrogen-bond acceptors (Lipinski definition) is 5. The molecular weight excluding hydrogens is 282 g/mol. The third-order valence-corrected chi connectivity index (χ3v) is 4.08. The Bertz CT molecular complexity index is 423. The minimum atomic E-state index is -0.463. The van der Waals surface area contributed by atoms with Crippen molar-refractivity contribution >= 4 is 11.9 Å². The van der Waals surface area contributed by atoms with Crippen LogP contribution in [0.3, 0.4) is 0 Å². The summed E-state index contributed by atoms with van der Waals surface area (Å²) in [6, 6.07) is 0. The summed E-state index contributed by atoms with van der Waals surface area (Å²) in [5.41, 5.74) is -0.218. The molecule has 0 aromatic heterocycles. The first-order valence-electron chi connectivity index (χ1n) is 8.10. The average Bonchev–Trinajstić information content (AvgIpc) is 2.45. The fourth-order valence-corrected chi connectivity index (χ4v) is 2.57. The van der Waals surface area contributed by atoms with Crippen LogP contribution < -0.4 is 5.32 Å². The molecule has 6 nitrogen and oxygen atoms in total. The summed E-state index contributed by atoms with van der Waals surface area (Å²) in [5.74, 6) is 0.879. The van der Waals surface area contributed by atoms with Crippen LogP contribution in [0.1, 0.15) is 40.5 Å². The third kappa shape index (κ3) is 5.16. The fourth-order valence-electron chi connectivity index (χ4n) is 2.57. The molecule has 1 amide bonds. The largest absolute Gasteiger partial charge is 0.444 e. The number of ether oxygens (including phenoxy) is 2. The normalized spacial score (nSPS) is 22.0. The van der Waals surface area contributed by atoms with Gasteiger partial charge in [-0.1, -0.05) is 6.92 Å². The molecule has 22 heavy (non-hydrogen) atoms. The molecule has 0 aromatic rings. The lowest BCUT2D eigenvalue weighted by molar-refractivity contribution is 0.0250. The standard InChI is InChI=1S/C16H29N3O3/c1-15(2,3)22-14(20)19-8-7-17-13(11-19)18-12-16(4)5-9-21-10-6-16/h5-12H2,1-4H3,(H,17,18). The number of rotatable bonds is 2. The summed E-state index contributed by atoms with van der Waals surface area (Å²) in [5, 5.41) is 3.42. The first-order valence-corrected chi connectivity index (χ1v) is 8.10. The molecule has 1 saturated heterocycles. The van der Waals surface area contributed by atoms with Crippen molar-refractivity contribution in [3.63, 3.8) is 0 Å². The van der Waals surface area contributed by atoms with E-state index in [4.69, 9.17) is 9.47 Å². The molecular formula is C16H29N3O3. The van der Waals surface area contributed by atoms with E-state index >= 15 is 0 Å². The number of nitrogens with zero attached hydrogens (tertiary/aromatic N) is 2. The van der Waals surface area contributed by atoms with Gasteiger partial charge in [-0.2, -0.15) is 0 Å². The minimum Gasteiger partial charge on any atom is -0.444 e. The maximum Gasteiger partial charge on any atom is 0.410 e. The fraction of sp³-hybridized carbons (Fsp3) is 0.875. The molecule has 0 spiro atoms. The molecule has 2 aliphatic heterocycles. The summed E-state index contributed by atoms with van der Waals surface area (Å²) >= 11 is 0. The van der Waals surface area contributed by atoms with Gasteiger partial charge in [0.1, 0.15) is 11.4 Å². The number of hydrogen-bond donors (Lipinski definition) is 1. The second-order valence-corrected chi connectivity index (χ2v) is 7.51. The molecule has 1 fully saturated rings. The molecule has 0 bridgehead atoms. The van der Waals surface area contributed by atoms with E-state index in [1.165, 1.54) is 0 Å². The van der Waals surface area contributed by atoms with Gasteiger partial charge in [-0.15, -0.1) is 0 Å². The molecule has 1 N–H and O–H groups in total. The van der Waals surface area contributed by atoms with Gasteiger partial charge in [-0.3, -0.25) is 9.89 Å². The van der Waals surface area contributed by atoms with Crippen LogP contribution in [0, 0.1) is 5.41 Å². The van der Waals surface area contributed by atoms with Crippen LogP contribution in [0.5, 0.6) is 0 Å². The molecule has 0 aliphatic carbocycles. The number of aliphatic imine (C=N–C) groups is 1. The van der Waals surface area contributed by atoms with E-state index in [1.807, 2.05) is 20.8 Å². The third-order valence-electron chi connectivity index (χ3n) is 4.08. The van der Waals surface area contributed by atoms with E-state index in [0.717, 1.165) is 38.4 Å². The van der Waals surface area contributed by atoms with E-state index in [2.05, 4.69) is 17.2 Å². The summed E-state index contributed by atoms with van der Waals surface area (Å²) in [4.78, 5) is 18.3. The molecule has 0 atom stereocenters. The average molecular weight is 311 g/mol. The first kappa shape index (κ1) is 17.1. The van der Waals surface area contributed by atoms with Crippen molar-refractivity contribution in [2.24, 2.45) is 10.4 Å². The van der Waals surface area contributed by atoms with E-state index in [-0.39, 0.29) is 11.5 Å². The molecule has 6 heteroatoms. The van der Waals surface area contributed by atoms with Crippen LogP contribution in [0.25, 0.3) is 0 Å². The summed E-state index contributed by atoms with van der Waals surface area (Å²) in [7, 11) is 0. The van der Waals surface area contributed by atoms with E-state index < -0.39 is 5.60 Å². The van der Waals surface area contributed by atoms with Gasteiger partial charge in [0.25, 0.3) is 0 Å². The quantitative estimate of drug-likeness (QED) is 0.847. The molecule has 0 aromatic carbocycles. The highest BCUT2D eigenvalue weighted by molar-refractivity contribution is 5.87. The summed E-state index contributed by atoms with van der Waals surface area (Å²) < 4.78 is 10.9. The smallest absolute Gasteiger partial charge is 0.410 e. The Hall–Kier alpha value is -1.30. The molecule has 2 heterocycles. The van der Waals surface area contributed by atoms with Gasteiger partial charge in [0.15, 0.2) is 0 Å². The van der Waals surface area contributed by atoms with Gasteiger partial charge in [-0.05, 0) is 39.0 Å². The van der Waals surface area contributed by atoms with E-state index in [0.29, 0.717) is 19.6 Å². The lowest BCUT2D eigenvalue weighted by Crippen LogP contribution is -2.49. The Morgan fingerprint density at radius 1 is 1.41 bits per heavy atom. The summed E-state index contributed by atoms with van der Waals surface area (Å²) in [6.45, 7) is 12.2. The van der Waals surface area contributed by atoms with Gasteiger partial charge >= 0.3 is 6.09 Å². The topological polar surface area (TPSA) is 63.2 Å². The van der Waals surface area contributed by atoms with Crippen molar-refractivity contribution in [2.75, 3.05) is 39.4 Å². The van der Waals surface area contributed by atoms with Crippen LogP contribution in [0.4, 0.5) is 4.79 Å². The zero-order valence-electron chi connectivity index (χ0n) is 14.3. The Kier molecular flexibility index (Phi) is 5.32. The highest BCUT2D eigenvalue weighted by Gasteiger charge is 2.29. The van der Waals surface area contributed by atoms with Crippen LogP contribution in [0.15, 0.2) is 4.99 Å². The van der Waals surface area contributed by atoms with Crippen molar-refractivity contribution in [1.82, 2.24) is 10.2 Å². The van der Waals surface area contributed by atoms with Crippen LogP contribution in [0.2, 0.25) is 0 Å². The molecule has 2 rings (SSSR count). The Balaban J connectivity index is 1.83. The highest BCUT2D eigenvalue weighted by atomic mass is 16.6. The Morgan fingerprint density at radius 2 is 2.09 bits per heavy atom. The van der Waals surface area contributed by atoms with Crippen LogP contribution in [-0.2, 0) is 9.47 Å². The van der Waals surface area contributed by atoms with Crippen molar-refractivity contribution < 1.29 is 14.3 Å². The van der Waals surface area contributed by atoms with E-state index in [9.17, 15) is 4.79 Å². The number of amides is 1. The Morgan fingerprint density at radius 3 is 2.73 bits per heavy atom. The van der Waals surface area contributed by atoms with E-state index in [1.54, 1.807) is 4.90 Å². The Labute approximate surface area is 133 Å². The van der Waals surface area contributed by atoms with Crippen LogP contribution >= 0.6 is 0 Å². The summed E-state index contributed by atoms with van der Waals surface area (Å²) in [6.07, 6.45) is 1.85. The predicted octanol–water partition coefficient (Wildman–Crippen LogP) is 2.04. The van der Waals surface area contributed by atoms with Crippen molar-refractivity contribution in [3.05, 3.63) is 0 Å². The zero-order valence-corrected chi connectivity index (χ0v) is 14.3. The predicted molar refractivity (Wildman–Crippen MR) is 86.3 cm³/mol. The molecule has 0 radical (unpaired) electrons.